The zero-order chi connectivity index (χ0) is 17.7. The van der Waals surface area contributed by atoms with E-state index in [4.69, 9.17) is 11.6 Å². The molecule has 4 nitrogen and oxygen atoms in total. The third-order valence-corrected chi connectivity index (χ3v) is 5.79. The van der Waals surface area contributed by atoms with Gasteiger partial charge in [0.15, 0.2) is 9.84 Å². The summed E-state index contributed by atoms with van der Waals surface area (Å²) in [7, 11) is -3.46. The van der Waals surface area contributed by atoms with Crippen LogP contribution in [0.1, 0.15) is 29.8 Å². The first-order chi connectivity index (χ1) is 11.4. The smallest absolute Gasteiger partial charge is 0.255 e. The summed E-state index contributed by atoms with van der Waals surface area (Å²) in [6.45, 7) is 4.27. The lowest BCUT2D eigenvalue weighted by Crippen LogP contribution is -2.31. The fourth-order valence-corrected chi connectivity index (χ4v) is 3.72. The Morgan fingerprint density at radius 1 is 1.08 bits per heavy atom. The number of carbonyl (C=O) groups excluding carboxylic acids is 1. The van der Waals surface area contributed by atoms with Crippen molar-refractivity contribution in [3.05, 3.63) is 64.7 Å². The molecule has 0 bridgehead atoms. The molecular weight excluding hydrogens is 346 g/mol. The third-order valence-electron chi connectivity index (χ3n) is 3.76. The number of carbonyl (C=O) groups is 1. The first kappa shape index (κ1) is 18.5. The van der Waals surface area contributed by atoms with E-state index in [1.807, 2.05) is 19.1 Å². The molecule has 24 heavy (non-hydrogen) atoms. The second-order valence-electron chi connectivity index (χ2n) is 5.35. The highest BCUT2D eigenvalue weighted by Gasteiger charge is 2.23. The number of amides is 1. The number of nitrogens with zero attached hydrogens (tertiary/aromatic N) is 1. The standard InChI is InChI=1S/C18H20ClNO3S/c1-3-20(13-14-8-7-9-15(19)12-14)18(21)16-10-5-6-11-17(16)24(22,23)4-2/h5-12H,3-4,13H2,1-2H3. The molecule has 2 aromatic carbocycles. The van der Waals surface area contributed by atoms with Crippen molar-refractivity contribution in [3.63, 3.8) is 0 Å². The fraction of sp³-hybridized carbons (Fsp3) is 0.278. The van der Waals surface area contributed by atoms with E-state index >= 15 is 0 Å². The van der Waals surface area contributed by atoms with Crippen LogP contribution >= 0.6 is 11.6 Å². The molecule has 0 aromatic heterocycles. The number of halogens is 1. The Hall–Kier alpha value is -1.85. The van der Waals surface area contributed by atoms with Crippen LogP contribution in [0.4, 0.5) is 0 Å². The van der Waals surface area contributed by atoms with E-state index in [1.54, 1.807) is 42.2 Å². The van der Waals surface area contributed by atoms with Gasteiger partial charge in [-0.15, -0.1) is 0 Å². The Morgan fingerprint density at radius 3 is 2.42 bits per heavy atom. The lowest BCUT2D eigenvalue weighted by Gasteiger charge is -2.22. The van der Waals surface area contributed by atoms with Crippen molar-refractivity contribution in [2.45, 2.75) is 25.3 Å². The molecule has 0 saturated heterocycles. The normalized spacial score (nSPS) is 11.3. The molecule has 0 N–H and O–H groups in total. The van der Waals surface area contributed by atoms with E-state index in [1.165, 1.54) is 6.07 Å². The zero-order valence-electron chi connectivity index (χ0n) is 13.7. The summed E-state index contributed by atoms with van der Waals surface area (Å²) in [6.07, 6.45) is 0. The number of hydrogen-bond donors (Lipinski definition) is 0. The summed E-state index contributed by atoms with van der Waals surface area (Å²) in [5.41, 5.74) is 1.11. The van der Waals surface area contributed by atoms with Gasteiger partial charge < -0.3 is 4.90 Å². The summed E-state index contributed by atoms with van der Waals surface area (Å²) in [5.74, 6) is -0.345. The van der Waals surface area contributed by atoms with Gasteiger partial charge >= 0.3 is 0 Å². The first-order valence-electron chi connectivity index (χ1n) is 7.74. The second kappa shape index (κ2) is 7.81. The van der Waals surface area contributed by atoms with Crippen LogP contribution in [0.15, 0.2) is 53.4 Å². The van der Waals surface area contributed by atoms with Crippen molar-refractivity contribution in [1.82, 2.24) is 4.90 Å². The maximum atomic E-state index is 12.9. The molecule has 0 saturated carbocycles. The Morgan fingerprint density at radius 2 is 1.79 bits per heavy atom. The monoisotopic (exact) mass is 365 g/mol. The van der Waals surface area contributed by atoms with Crippen molar-refractivity contribution < 1.29 is 13.2 Å². The van der Waals surface area contributed by atoms with Crippen LogP contribution in [0.25, 0.3) is 0 Å². The molecule has 0 aliphatic rings. The van der Waals surface area contributed by atoms with Gasteiger partial charge in [0.05, 0.1) is 16.2 Å². The highest BCUT2D eigenvalue weighted by Crippen LogP contribution is 2.20. The molecule has 0 radical (unpaired) electrons. The van der Waals surface area contributed by atoms with Crippen molar-refractivity contribution in [1.29, 1.82) is 0 Å². The highest BCUT2D eigenvalue weighted by molar-refractivity contribution is 7.91. The van der Waals surface area contributed by atoms with E-state index in [-0.39, 0.29) is 22.1 Å². The second-order valence-corrected chi connectivity index (χ2v) is 8.03. The van der Waals surface area contributed by atoms with Gasteiger partial charge in [0, 0.05) is 18.1 Å². The summed E-state index contributed by atoms with van der Waals surface area (Å²) >= 11 is 5.99. The van der Waals surface area contributed by atoms with Crippen LogP contribution in [-0.2, 0) is 16.4 Å². The summed E-state index contributed by atoms with van der Waals surface area (Å²) in [6, 6.07) is 13.6. The quantitative estimate of drug-likeness (QED) is 0.782. The minimum absolute atomic E-state index is 0.0439. The molecule has 128 valence electrons. The molecule has 0 aliphatic heterocycles. The van der Waals surface area contributed by atoms with Gasteiger partial charge in [0.1, 0.15) is 0 Å². The van der Waals surface area contributed by atoms with Crippen molar-refractivity contribution in [3.8, 4) is 0 Å². The Balaban J connectivity index is 2.36. The molecule has 0 unspecified atom stereocenters. The lowest BCUT2D eigenvalue weighted by molar-refractivity contribution is 0.0748. The van der Waals surface area contributed by atoms with Crippen molar-refractivity contribution in [2.75, 3.05) is 12.3 Å². The maximum absolute atomic E-state index is 12.9. The average molecular weight is 366 g/mol. The maximum Gasteiger partial charge on any atom is 0.255 e. The van der Waals surface area contributed by atoms with Crippen molar-refractivity contribution in [2.24, 2.45) is 0 Å². The SMILES string of the molecule is CCN(Cc1cccc(Cl)c1)C(=O)c1ccccc1S(=O)(=O)CC. The Bertz CT molecular complexity index is 834. The van der Waals surface area contributed by atoms with Crippen LogP contribution in [0.3, 0.4) is 0 Å². The molecule has 0 fully saturated rings. The minimum atomic E-state index is -3.46. The fourth-order valence-electron chi connectivity index (χ4n) is 2.42. The number of sulfone groups is 1. The topological polar surface area (TPSA) is 54.5 Å². The van der Waals surface area contributed by atoms with E-state index in [0.29, 0.717) is 18.1 Å². The largest absolute Gasteiger partial charge is 0.335 e. The molecule has 1 amide bonds. The number of rotatable bonds is 6. The van der Waals surface area contributed by atoms with Crippen LogP contribution in [0, 0.1) is 0 Å². The van der Waals surface area contributed by atoms with E-state index in [9.17, 15) is 13.2 Å². The molecule has 0 aliphatic carbocycles. The first-order valence-corrected chi connectivity index (χ1v) is 9.77. The van der Waals surface area contributed by atoms with Crippen LogP contribution in [0.5, 0.6) is 0 Å². The van der Waals surface area contributed by atoms with E-state index in [0.717, 1.165) is 5.56 Å². The van der Waals surface area contributed by atoms with Gasteiger partial charge in [-0.05, 0) is 36.8 Å². The Labute approximate surface area is 148 Å². The van der Waals surface area contributed by atoms with Gasteiger partial charge in [-0.2, -0.15) is 0 Å². The summed E-state index contributed by atoms with van der Waals surface area (Å²) < 4.78 is 24.5. The molecule has 6 heteroatoms. The minimum Gasteiger partial charge on any atom is -0.335 e. The number of benzene rings is 2. The van der Waals surface area contributed by atoms with Crippen LogP contribution < -0.4 is 0 Å². The Kier molecular flexibility index (Phi) is 6.02. The molecule has 0 heterocycles. The van der Waals surface area contributed by atoms with E-state index < -0.39 is 9.84 Å². The predicted molar refractivity (Wildman–Crippen MR) is 96.0 cm³/mol. The molecule has 2 rings (SSSR count). The van der Waals surface area contributed by atoms with Crippen LogP contribution in [0.2, 0.25) is 5.02 Å². The highest BCUT2D eigenvalue weighted by atomic mass is 35.5. The zero-order valence-corrected chi connectivity index (χ0v) is 15.3. The average Bonchev–Trinajstić information content (AvgIpc) is 2.59. The summed E-state index contributed by atoms with van der Waals surface area (Å²) in [4.78, 5) is 14.6. The van der Waals surface area contributed by atoms with Gasteiger partial charge in [-0.1, -0.05) is 42.8 Å². The van der Waals surface area contributed by atoms with E-state index in [2.05, 4.69) is 0 Å². The van der Waals surface area contributed by atoms with Gasteiger partial charge in [0.25, 0.3) is 5.91 Å². The van der Waals surface area contributed by atoms with Gasteiger partial charge in [-0.3, -0.25) is 4.79 Å². The van der Waals surface area contributed by atoms with Gasteiger partial charge in [0.2, 0.25) is 0 Å². The number of hydrogen-bond acceptors (Lipinski definition) is 3. The molecule has 0 atom stereocenters. The summed E-state index contributed by atoms with van der Waals surface area (Å²) in [5, 5.41) is 0.602. The van der Waals surface area contributed by atoms with Crippen molar-refractivity contribution >= 4 is 27.3 Å². The lowest BCUT2D eigenvalue weighted by atomic mass is 10.1. The third kappa shape index (κ3) is 4.16. The van der Waals surface area contributed by atoms with Crippen LogP contribution in [-0.4, -0.2) is 31.5 Å². The predicted octanol–water partition coefficient (Wildman–Crippen LogP) is 3.80. The molecule has 0 spiro atoms. The van der Waals surface area contributed by atoms with Gasteiger partial charge in [-0.25, -0.2) is 8.42 Å². The molecular formula is C18H20ClNO3S. The molecule has 2 aromatic rings.